The first-order chi connectivity index (χ1) is 11.8. The third-order valence-electron chi connectivity index (χ3n) is 5.29. The highest BCUT2D eigenvalue weighted by Gasteiger charge is 2.52. The lowest BCUT2D eigenvalue weighted by Gasteiger charge is -2.45. The normalized spacial score (nSPS) is 24.1. The van der Waals surface area contributed by atoms with Crippen molar-refractivity contribution in [1.82, 2.24) is 18.8 Å². The van der Waals surface area contributed by atoms with Gasteiger partial charge in [-0.1, -0.05) is 4.49 Å². The van der Waals surface area contributed by atoms with E-state index in [2.05, 4.69) is 9.59 Å². The van der Waals surface area contributed by atoms with Crippen LogP contribution in [0.1, 0.15) is 41.0 Å². The number of likely N-dealkylation sites (tertiary alicyclic amines) is 1. The van der Waals surface area contributed by atoms with E-state index < -0.39 is 15.6 Å². The van der Waals surface area contributed by atoms with Gasteiger partial charge in [0, 0.05) is 31.8 Å². The summed E-state index contributed by atoms with van der Waals surface area (Å²) in [6.45, 7) is 3.30. The van der Waals surface area contributed by atoms with Gasteiger partial charge in [-0.25, -0.2) is 8.42 Å². The summed E-state index contributed by atoms with van der Waals surface area (Å²) < 4.78 is 35.5. The summed E-state index contributed by atoms with van der Waals surface area (Å²) in [5.41, 5.74) is 0.00717. The maximum Gasteiger partial charge on any atom is 0.275 e. The summed E-state index contributed by atoms with van der Waals surface area (Å²) in [4.78, 5) is 15.2. The Morgan fingerprint density at radius 2 is 2.04 bits per heavy atom. The van der Waals surface area contributed by atoms with Crippen LogP contribution < -0.4 is 0 Å². The molecule has 2 saturated heterocycles. The molecule has 10 heteroatoms. The van der Waals surface area contributed by atoms with Gasteiger partial charge in [0.25, 0.3) is 5.91 Å². The van der Waals surface area contributed by atoms with Crippen LogP contribution in [-0.2, 0) is 14.8 Å². The highest BCUT2D eigenvalue weighted by Crippen LogP contribution is 2.43. The van der Waals surface area contributed by atoms with Crippen molar-refractivity contribution < 1.29 is 17.9 Å². The SMILES string of the molecule is COC[C@@H]1CCC2(CCN(C(=O)c3nnsc3C)CC2)N1S(C)(=O)=O. The summed E-state index contributed by atoms with van der Waals surface area (Å²) in [6.07, 6.45) is 4.16. The van der Waals surface area contributed by atoms with Crippen LogP contribution >= 0.6 is 11.5 Å². The second-order valence-corrected chi connectivity index (χ2v) is 9.72. The molecule has 1 aromatic heterocycles. The number of aromatic nitrogens is 2. The molecule has 0 radical (unpaired) electrons. The van der Waals surface area contributed by atoms with Gasteiger partial charge in [-0.15, -0.1) is 5.10 Å². The molecule has 140 valence electrons. The van der Waals surface area contributed by atoms with Crippen molar-refractivity contribution >= 4 is 27.5 Å². The largest absolute Gasteiger partial charge is 0.383 e. The van der Waals surface area contributed by atoms with E-state index in [1.807, 2.05) is 6.92 Å². The van der Waals surface area contributed by atoms with Gasteiger partial charge in [0.2, 0.25) is 10.0 Å². The van der Waals surface area contributed by atoms with E-state index in [-0.39, 0.29) is 11.9 Å². The number of hydrogen-bond acceptors (Lipinski definition) is 7. The number of rotatable bonds is 4. The highest BCUT2D eigenvalue weighted by molar-refractivity contribution is 7.88. The highest BCUT2D eigenvalue weighted by atomic mass is 32.2. The standard InChI is InChI=1S/C15H24N4O4S2/c1-11-13(16-17-24-11)14(20)18-8-6-15(7-9-18)5-4-12(10-23-2)19(15)25(3,21)22/h12H,4-10H2,1-3H3/t12-/m0/s1. The summed E-state index contributed by atoms with van der Waals surface area (Å²) in [6, 6.07) is -0.118. The van der Waals surface area contributed by atoms with Crippen LogP contribution in [0.5, 0.6) is 0 Å². The Kier molecular flexibility index (Phi) is 5.16. The number of ether oxygens (including phenoxy) is 1. The van der Waals surface area contributed by atoms with Crippen molar-refractivity contribution in [3.8, 4) is 0 Å². The minimum Gasteiger partial charge on any atom is -0.383 e. The van der Waals surface area contributed by atoms with Crippen LogP contribution in [0.15, 0.2) is 0 Å². The Hall–Kier alpha value is -1.10. The third kappa shape index (κ3) is 3.44. The number of sulfonamides is 1. The number of carbonyl (C=O) groups excluding carboxylic acids is 1. The number of amides is 1. The molecule has 0 unspecified atom stereocenters. The fourth-order valence-electron chi connectivity index (χ4n) is 4.19. The van der Waals surface area contributed by atoms with E-state index in [9.17, 15) is 13.2 Å². The van der Waals surface area contributed by atoms with Crippen molar-refractivity contribution in [1.29, 1.82) is 0 Å². The summed E-state index contributed by atoms with van der Waals surface area (Å²) in [5.74, 6) is -0.113. The molecule has 2 aliphatic rings. The molecule has 2 aliphatic heterocycles. The monoisotopic (exact) mass is 388 g/mol. The Bertz CT molecular complexity index is 740. The molecule has 1 spiro atoms. The fourth-order valence-corrected chi connectivity index (χ4v) is 6.34. The Labute approximate surface area is 152 Å². The lowest BCUT2D eigenvalue weighted by atomic mass is 9.86. The number of nitrogens with zero attached hydrogens (tertiary/aromatic N) is 4. The predicted octanol–water partition coefficient (Wildman–Crippen LogP) is 0.892. The van der Waals surface area contributed by atoms with E-state index in [0.717, 1.165) is 17.7 Å². The van der Waals surface area contributed by atoms with Gasteiger partial charge < -0.3 is 9.64 Å². The molecular weight excluding hydrogens is 364 g/mol. The van der Waals surface area contributed by atoms with Gasteiger partial charge in [-0.05, 0) is 44.1 Å². The van der Waals surface area contributed by atoms with Gasteiger partial charge in [-0.2, -0.15) is 4.31 Å². The van der Waals surface area contributed by atoms with E-state index >= 15 is 0 Å². The molecular formula is C15H24N4O4S2. The minimum absolute atomic E-state index is 0.113. The summed E-state index contributed by atoms with van der Waals surface area (Å²) in [5, 5.41) is 3.92. The van der Waals surface area contributed by atoms with E-state index in [1.54, 1.807) is 16.3 Å². The Morgan fingerprint density at radius 1 is 1.36 bits per heavy atom. The molecule has 8 nitrogen and oxygen atoms in total. The number of aryl methyl sites for hydroxylation is 1. The molecule has 0 aromatic carbocycles. The number of methoxy groups -OCH3 is 1. The fraction of sp³-hybridized carbons (Fsp3) is 0.800. The first kappa shape index (κ1) is 18.7. The number of hydrogen-bond donors (Lipinski definition) is 0. The third-order valence-corrected chi connectivity index (χ3v) is 7.32. The average molecular weight is 389 g/mol. The van der Waals surface area contributed by atoms with Gasteiger partial charge in [0.05, 0.1) is 17.7 Å². The van der Waals surface area contributed by atoms with E-state index in [1.165, 1.54) is 17.8 Å². The second kappa shape index (κ2) is 6.90. The molecule has 0 saturated carbocycles. The lowest BCUT2D eigenvalue weighted by Crippen LogP contribution is -2.57. The second-order valence-electron chi connectivity index (χ2n) is 6.90. The van der Waals surface area contributed by atoms with Crippen molar-refractivity contribution in [3.05, 3.63) is 10.6 Å². The first-order valence-electron chi connectivity index (χ1n) is 8.35. The van der Waals surface area contributed by atoms with Crippen LogP contribution in [0.2, 0.25) is 0 Å². The molecule has 0 bridgehead atoms. The summed E-state index contributed by atoms with van der Waals surface area (Å²) >= 11 is 1.22. The van der Waals surface area contributed by atoms with Crippen LogP contribution in [0.4, 0.5) is 0 Å². The van der Waals surface area contributed by atoms with Gasteiger partial charge in [-0.3, -0.25) is 4.79 Å². The zero-order chi connectivity index (χ0) is 18.2. The average Bonchev–Trinajstić information content (AvgIpc) is 3.12. The van der Waals surface area contributed by atoms with Gasteiger partial charge >= 0.3 is 0 Å². The van der Waals surface area contributed by atoms with E-state index in [0.29, 0.717) is 38.2 Å². The van der Waals surface area contributed by atoms with Crippen LogP contribution in [-0.4, -0.2) is 77.8 Å². The Morgan fingerprint density at radius 3 is 2.56 bits per heavy atom. The molecule has 0 N–H and O–H groups in total. The lowest BCUT2D eigenvalue weighted by molar-refractivity contribution is 0.0499. The molecule has 1 amide bonds. The molecule has 25 heavy (non-hydrogen) atoms. The van der Waals surface area contributed by atoms with Crippen molar-refractivity contribution in [2.24, 2.45) is 0 Å². The molecule has 3 heterocycles. The van der Waals surface area contributed by atoms with Crippen molar-refractivity contribution in [2.75, 3.05) is 33.1 Å². The molecule has 2 fully saturated rings. The smallest absolute Gasteiger partial charge is 0.275 e. The number of piperidine rings is 1. The van der Waals surface area contributed by atoms with E-state index in [4.69, 9.17) is 4.74 Å². The molecule has 1 atom stereocenters. The van der Waals surface area contributed by atoms with Crippen molar-refractivity contribution in [3.63, 3.8) is 0 Å². The van der Waals surface area contributed by atoms with Crippen LogP contribution in [0.25, 0.3) is 0 Å². The minimum atomic E-state index is -3.34. The molecule has 1 aromatic rings. The number of carbonyl (C=O) groups is 1. The van der Waals surface area contributed by atoms with Crippen molar-refractivity contribution in [2.45, 2.75) is 44.2 Å². The van der Waals surface area contributed by atoms with Crippen LogP contribution in [0.3, 0.4) is 0 Å². The quantitative estimate of drug-likeness (QED) is 0.761. The zero-order valence-electron chi connectivity index (χ0n) is 14.8. The zero-order valence-corrected chi connectivity index (χ0v) is 16.4. The molecule has 0 aliphatic carbocycles. The Balaban J connectivity index is 1.76. The van der Waals surface area contributed by atoms with Gasteiger partial charge in [0.1, 0.15) is 0 Å². The maximum absolute atomic E-state index is 12.6. The summed E-state index contributed by atoms with van der Waals surface area (Å²) in [7, 11) is -1.75. The van der Waals surface area contributed by atoms with Crippen LogP contribution in [0, 0.1) is 6.92 Å². The molecule has 3 rings (SSSR count). The topological polar surface area (TPSA) is 92.7 Å². The van der Waals surface area contributed by atoms with Gasteiger partial charge in [0.15, 0.2) is 5.69 Å². The maximum atomic E-state index is 12.6. The predicted molar refractivity (Wildman–Crippen MR) is 94.1 cm³/mol. The first-order valence-corrected chi connectivity index (χ1v) is 11.0.